The third-order valence-electron chi connectivity index (χ3n) is 5.36. The van der Waals surface area contributed by atoms with Gasteiger partial charge >= 0.3 is 5.97 Å². The SMILES string of the molecule is CCOC(=O)c1cnnc(C2=C(c3cc(Cl)ccc3OCc3ccc(F)cc3F)CCC2)c1. The van der Waals surface area contributed by atoms with Crippen LogP contribution < -0.4 is 4.74 Å². The van der Waals surface area contributed by atoms with Crippen LogP contribution in [0.4, 0.5) is 8.78 Å². The lowest BCUT2D eigenvalue weighted by atomic mass is 9.98. The molecule has 0 spiro atoms. The fourth-order valence-electron chi connectivity index (χ4n) is 3.82. The maximum absolute atomic E-state index is 14.1. The van der Waals surface area contributed by atoms with Crippen molar-refractivity contribution >= 4 is 28.7 Å². The molecule has 0 fully saturated rings. The standard InChI is InChI=1S/C25H21ClF2N2O3/c1-2-32-25(31)16-10-23(30-29-13-16)20-5-3-4-19(20)21-11-17(26)7-9-24(21)33-14-15-6-8-18(27)12-22(15)28/h6-13H,2-5,14H2,1H3. The minimum Gasteiger partial charge on any atom is -0.488 e. The van der Waals surface area contributed by atoms with Gasteiger partial charge in [0.1, 0.15) is 24.0 Å². The minimum atomic E-state index is -0.669. The Morgan fingerprint density at radius 3 is 2.70 bits per heavy atom. The molecular weight excluding hydrogens is 450 g/mol. The Balaban J connectivity index is 1.69. The Morgan fingerprint density at radius 2 is 1.91 bits per heavy atom. The normalized spacial score (nSPS) is 13.3. The van der Waals surface area contributed by atoms with Crippen molar-refractivity contribution in [3.63, 3.8) is 0 Å². The molecule has 0 N–H and O–H groups in total. The van der Waals surface area contributed by atoms with E-state index >= 15 is 0 Å². The molecular formula is C25H21ClF2N2O3. The van der Waals surface area contributed by atoms with Crippen LogP contribution in [0.15, 0.2) is 48.7 Å². The van der Waals surface area contributed by atoms with Gasteiger partial charge in [-0.25, -0.2) is 13.6 Å². The van der Waals surface area contributed by atoms with E-state index in [0.717, 1.165) is 42.0 Å². The number of allylic oxidation sites excluding steroid dienone is 2. The molecule has 0 amide bonds. The number of carbonyl (C=O) groups is 1. The topological polar surface area (TPSA) is 61.3 Å². The van der Waals surface area contributed by atoms with E-state index in [9.17, 15) is 13.6 Å². The summed E-state index contributed by atoms with van der Waals surface area (Å²) >= 11 is 6.28. The van der Waals surface area contributed by atoms with Crippen LogP contribution in [0.5, 0.6) is 5.75 Å². The number of halogens is 3. The van der Waals surface area contributed by atoms with Crippen LogP contribution >= 0.6 is 11.6 Å². The van der Waals surface area contributed by atoms with Gasteiger partial charge in [-0.15, -0.1) is 0 Å². The number of aromatic nitrogens is 2. The molecule has 8 heteroatoms. The lowest BCUT2D eigenvalue weighted by molar-refractivity contribution is 0.0525. The number of esters is 1. The summed E-state index contributed by atoms with van der Waals surface area (Å²) in [6.45, 7) is 1.94. The number of nitrogens with zero attached hydrogens (tertiary/aromatic N) is 2. The zero-order valence-electron chi connectivity index (χ0n) is 17.9. The summed E-state index contributed by atoms with van der Waals surface area (Å²) in [6, 6.07) is 10.3. The first kappa shape index (κ1) is 22.9. The number of hydrogen-bond acceptors (Lipinski definition) is 5. The summed E-state index contributed by atoms with van der Waals surface area (Å²) in [4.78, 5) is 12.1. The molecule has 0 atom stereocenters. The smallest absolute Gasteiger partial charge is 0.339 e. The molecule has 33 heavy (non-hydrogen) atoms. The first-order valence-corrected chi connectivity index (χ1v) is 10.9. The summed E-state index contributed by atoms with van der Waals surface area (Å²) in [5.41, 5.74) is 3.83. The zero-order chi connectivity index (χ0) is 23.4. The number of carbonyl (C=O) groups excluding carboxylic acids is 1. The van der Waals surface area contributed by atoms with E-state index in [4.69, 9.17) is 21.1 Å². The first-order valence-electron chi connectivity index (χ1n) is 10.5. The van der Waals surface area contributed by atoms with Crippen molar-refractivity contribution in [1.82, 2.24) is 10.2 Å². The van der Waals surface area contributed by atoms with E-state index in [1.807, 2.05) is 0 Å². The quantitative estimate of drug-likeness (QED) is 0.381. The average molecular weight is 471 g/mol. The Labute approximate surface area is 195 Å². The van der Waals surface area contributed by atoms with Crippen LogP contribution in [0.3, 0.4) is 0 Å². The zero-order valence-corrected chi connectivity index (χ0v) is 18.7. The Bertz CT molecular complexity index is 1230. The molecule has 0 saturated heterocycles. The van der Waals surface area contributed by atoms with Crippen molar-refractivity contribution < 1.29 is 23.0 Å². The third-order valence-corrected chi connectivity index (χ3v) is 5.59. The van der Waals surface area contributed by atoms with Crippen LogP contribution in [-0.4, -0.2) is 22.8 Å². The van der Waals surface area contributed by atoms with Crippen molar-refractivity contribution in [2.75, 3.05) is 6.61 Å². The predicted molar refractivity (Wildman–Crippen MR) is 121 cm³/mol. The molecule has 2 aromatic carbocycles. The third kappa shape index (κ3) is 5.20. The molecule has 3 aromatic rings. The molecule has 5 nitrogen and oxygen atoms in total. The number of ether oxygens (including phenoxy) is 2. The maximum atomic E-state index is 14.1. The van der Waals surface area contributed by atoms with Gasteiger partial charge in [0.15, 0.2) is 0 Å². The Hall–Kier alpha value is -3.32. The van der Waals surface area contributed by atoms with Gasteiger partial charge in [-0.05, 0) is 73.7 Å². The monoisotopic (exact) mass is 470 g/mol. The van der Waals surface area contributed by atoms with Crippen LogP contribution in [0, 0.1) is 11.6 Å². The summed E-state index contributed by atoms with van der Waals surface area (Å²) in [5.74, 6) is -1.25. The molecule has 0 unspecified atom stereocenters. The second kappa shape index (κ2) is 10.1. The van der Waals surface area contributed by atoms with Crippen LogP contribution in [0.25, 0.3) is 11.1 Å². The summed E-state index contributed by atoms with van der Waals surface area (Å²) in [7, 11) is 0. The van der Waals surface area contributed by atoms with E-state index in [1.54, 1.807) is 31.2 Å². The molecule has 1 aliphatic carbocycles. The number of benzene rings is 2. The number of hydrogen-bond donors (Lipinski definition) is 0. The fraction of sp³-hybridized carbons (Fsp3) is 0.240. The largest absolute Gasteiger partial charge is 0.488 e. The van der Waals surface area contributed by atoms with Gasteiger partial charge in [0, 0.05) is 22.2 Å². The van der Waals surface area contributed by atoms with Crippen molar-refractivity contribution in [3.8, 4) is 5.75 Å². The molecule has 170 valence electrons. The van der Waals surface area contributed by atoms with Gasteiger partial charge < -0.3 is 9.47 Å². The lowest BCUT2D eigenvalue weighted by Crippen LogP contribution is -2.07. The van der Waals surface area contributed by atoms with Gasteiger partial charge in [-0.3, -0.25) is 0 Å². The summed E-state index contributed by atoms with van der Waals surface area (Å²) in [6.07, 6.45) is 3.76. The van der Waals surface area contributed by atoms with Gasteiger partial charge in [0.25, 0.3) is 0 Å². The molecule has 1 aliphatic rings. The van der Waals surface area contributed by atoms with E-state index in [-0.39, 0.29) is 18.8 Å². The van der Waals surface area contributed by atoms with E-state index in [2.05, 4.69) is 10.2 Å². The van der Waals surface area contributed by atoms with E-state index in [1.165, 1.54) is 18.3 Å². The summed E-state index contributed by atoms with van der Waals surface area (Å²) in [5, 5.41) is 8.73. The van der Waals surface area contributed by atoms with Crippen LogP contribution in [-0.2, 0) is 11.3 Å². The van der Waals surface area contributed by atoms with Gasteiger partial charge in [0.2, 0.25) is 0 Å². The molecule has 0 bridgehead atoms. The highest BCUT2D eigenvalue weighted by Crippen LogP contribution is 2.43. The highest BCUT2D eigenvalue weighted by Gasteiger charge is 2.23. The maximum Gasteiger partial charge on any atom is 0.339 e. The summed E-state index contributed by atoms with van der Waals surface area (Å²) < 4.78 is 38.3. The highest BCUT2D eigenvalue weighted by molar-refractivity contribution is 6.30. The van der Waals surface area contributed by atoms with Crippen molar-refractivity contribution in [1.29, 1.82) is 0 Å². The van der Waals surface area contributed by atoms with Crippen LogP contribution in [0.2, 0.25) is 5.02 Å². The molecule has 0 saturated carbocycles. The van der Waals surface area contributed by atoms with Crippen molar-refractivity contribution in [2.24, 2.45) is 0 Å². The Morgan fingerprint density at radius 1 is 1.09 bits per heavy atom. The predicted octanol–water partition coefficient (Wildman–Crippen LogP) is 6.26. The van der Waals surface area contributed by atoms with Gasteiger partial charge in [-0.2, -0.15) is 10.2 Å². The fourth-order valence-corrected chi connectivity index (χ4v) is 3.99. The molecule has 4 rings (SSSR count). The molecule has 0 radical (unpaired) electrons. The van der Waals surface area contributed by atoms with Crippen molar-refractivity contribution in [2.45, 2.75) is 32.8 Å². The van der Waals surface area contributed by atoms with Crippen molar-refractivity contribution in [3.05, 3.63) is 87.7 Å². The van der Waals surface area contributed by atoms with E-state index in [0.29, 0.717) is 22.0 Å². The van der Waals surface area contributed by atoms with Crippen LogP contribution in [0.1, 0.15) is 53.4 Å². The van der Waals surface area contributed by atoms with E-state index < -0.39 is 17.6 Å². The Kier molecular flexibility index (Phi) is 6.99. The first-order chi connectivity index (χ1) is 16.0. The van der Waals surface area contributed by atoms with Gasteiger partial charge in [-0.1, -0.05) is 11.6 Å². The average Bonchev–Trinajstić information content (AvgIpc) is 3.29. The second-order valence-electron chi connectivity index (χ2n) is 7.53. The lowest BCUT2D eigenvalue weighted by Gasteiger charge is -2.15. The second-order valence-corrected chi connectivity index (χ2v) is 7.96. The highest BCUT2D eigenvalue weighted by atomic mass is 35.5. The molecule has 0 aliphatic heterocycles. The molecule has 1 aromatic heterocycles. The number of rotatable bonds is 7. The van der Waals surface area contributed by atoms with Gasteiger partial charge in [0.05, 0.1) is 24.1 Å². The minimum absolute atomic E-state index is 0.0679. The molecule has 1 heterocycles.